The molecule has 134 valence electrons. The van der Waals surface area contributed by atoms with Crippen molar-refractivity contribution in [2.75, 3.05) is 6.61 Å². The molecule has 3 aromatic rings. The quantitative estimate of drug-likeness (QED) is 0.736. The Morgan fingerprint density at radius 1 is 1.08 bits per heavy atom. The number of nitrogens with one attached hydrogen (secondary N) is 1. The number of hydrogen-bond donors (Lipinski definition) is 1. The number of carbonyl (C=O) groups is 1. The van der Waals surface area contributed by atoms with Crippen LogP contribution in [0.4, 0.5) is 0 Å². The van der Waals surface area contributed by atoms with Crippen LogP contribution in [0.5, 0.6) is 5.75 Å². The molecule has 3 rings (SSSR count). The maximum Gasteiger partial charge on any atom is 0.255 e. The number of carbonyl (C=O) groups excluding carboxylic acids is 1. The molecular weight excluding hydrogens is 326 g/mol. The molecule has 0 saturated heterocycles. The zero-order valence-electron chi connectivity index (χ0n) is 15.3. The average molecular weight is 349 g/mol. The number of hydrogen-bond acceptors (Lipinski definition) is 3. The van der Waals surface area contributed by atoms with E-state index in [0.717, 1.165) is 22.6 Å². The van der Waals surface area contributed by atoms with E-state index in [1.807, 2.05) is 74.0 Å². The summed E-state index contributed by atoms with van der Waals surface area (Å²) in [6.07, 6.45) is 0. The summed E-state index contributed by atoms with van der Waals surface area (Å²) in [7, 11) is 0. The predicted octanol–water partition coefficient (Wildman–Crippen LogP) is 3.82. The summed E-state index contributed by atoms with van der Waals surface area (Å²) in [5, 5.41) is 7.61. The van der Waals surface area contributed by atoms with E-state index in [1.165, 1.54) is 0 Å². The minimum Gasteiger partial charge on any atom is -0.493 e. The molecule has 0 atom stereocenters. The van der Waals surface area contributed by atoms with Gasteiger partial charge in [0.2, 0.25) is 0 Å². The highest BCUT2D eigenvalue weighted by Crippen LogP contribution is 2.20. The van der Waals surface area contributed by atoms with Gasteiger partial charge in [-0.05, 0) is 45.0 Å². The normalized spacial score (nSPS) is 10.6. The topological polar surface area (TPSA) is 56.1 Å². The smallest absolute Gasteiger partial charge is 0.255 e. The van der Waals surface area contributed by atoms with Gasteiger partial charge >= 0.3 is 0 Å². The van der Waals surface area contributed by atoms with Gasteiger partial charge in [-0.25, -0.2) is 4.68 Å². The maximum atomic E-state index is 12.6. The van der Waals surface area contributed by atoms with Gasteiger partial charge in [-0.2, -0.15) is 5.10 Å². The molecule has 0 aliphatic rings. The van der Waals surface area contributed by atoms with Crippen LogP contribution in [-0.4, -0.2) is 22.3 Å². The minimum atomic E-state index is -0.152. The number of amides is 1. The molecule has 0 saturated carbocycles. The van der Waals surface area contributed by atoms with Gasteiger partial charge in [0.05, 0.1) is 23.6 Å². The van der Waals surface area contributed by atoms with Crippen molar-refractivity contribution in [3.8, 4) is 11.4 Å². The first kappa shape index (κ1) is 17.7. The maximum absolute atomic E-state index is 12.6. The average Bonchev–Trinajstić information content (AvgIpc) is 2.95. The van der Waals surface area contributed by atoms with Crippen molar-refractivity contribution in [2.24, 2.45) is 0 Å². The third kappa shape index (κ3) is 3.61. The van der Waals surface area contributed by atoms with Crippen molar-refractivity contribution < 1.29 is 9.53 Å². The predicted molar refractivity (Wildman–Crippen MR) is 102 cm³/mol. The molecule has 1 N–H and O–H groups in total. The van der Waals surface area contributed by atoms with Crippen LogP contribution in [-0.2, 0) is 6.54 Å². The van der Waals surface area contributed by atoms with Crippen LogP contribution in [0.15, 0.2) is 54.6 Å². The lowest BCUT2D eigenvalue weighted by molar-refractivity contribution is 0.0947. The first-order valence-electron chi connectivity index (χ1n) is 8.72. The fourth-order valence-corrected chi connectivity index (χ4v) is 2.95. The Labute approximate surface area is 153 Å². The lowest BCUT2D eigenvalue weighted by Gasteiger charge is -2.11. The van der Waals surface area contributed by atoms with Crippen molar-refractivity contribution in [3.63, 3.8) is 0 Å². The molecule has 0 unspecified atom stereocenters. The van der Waals surface area contributed by atoms with Gasteiger partial charge in [-0.3, -0.25) is 4.79 Å². The molecule has 0 fully saturated rings. The van der Waals surface area contributed by atoms with Gasteiger partial charge in [0.1, 0.15) is 5.75 Å². The number of aryl methyl sites for hydroxylation is 1. The second-order valence-corrected chi connectivity index (χ2v) is 6.01. The minimum absolute atomic E-state index is 0.152. The summed E-state index contributed by atoms with van der Waals surface area (Å²) in [6, 6.07) is 17.2. The molecule has 0 radical (unpaired) electrons. The molecule has 0 aliphatic heterocycles. The molecule has 5 heteroatoms. The fraction of sp³-hybridized carbons (Fsp3) is 0.238. The van der Waals surface area contributed by atoms with E-state index < -0.39 is 0 Å². The van der Waals surface area contributed by atoms with Crippen LogP contribution in [0.3, 0.4) is 0 Å². The molecule has 0 aliphatic carbocycles. The van der Waals surface area contributed by atoms with Crippen molar-refractivity contribution >= 4 is 5.91 Å². The summed E-state index contributed by atoms with van der Waals surface area (Å²) < 4.78 is 7.45. The second-order valence-electron chi connectivity index (χ2n) is 6.01. The van der Waals surface area contributed by atoms with Gasteiger partial charge < -0.3 is 10.1 Å². The third-order valence-corrected chi connectivity index (χ3v) is 4.30. The van der Waals surface area contributed by atoms with E-state index in [-0.39, 0.29) is 5.91 Å². The summed E-state index contributed by atoms with van der Waals surface area (Å²) in [6.45, 7) is 6.82. The van der Waals surface area contributed by atoms with Crippen LogP contribution in [0.1, 0.15) is 34.2 Å². The van der Waals surface area contributed by atoms with Crippen molar-refractivity contribution in [1.82, 2.24) is 15.1 Å². The first-order valence-corrected chi connectivity index (χ1v) is 8.72. The fourth-order valence-electron chi connectivity index (χ4n) is 2.95. The van der Waals surface area contributed by atoms with Crippen LogP contribution < -0.4 is 10.1 Å². The van der Waals surface area contributed by atoms with Crippen LogP contribution in [0.2, 0.25) is 0 Å². The van der Waals surface area contributed by atoms with Crippen LogP contribution in [0.25, 0.3) is 5.69 Å². The van der Waals surface area contributed by atoms with Gasteiger partial charge in [0.25, 0.3) is 5.91 Å². The highest BCUT2D eigenvalue weighted by Gasteiger charge is 2.16. The highest BCUT2D eigenvalue weighted by atomic mass is 16.5. The number of para-hydroxylation sites is 2. The van der Waals surface area contributed by atoms with E-state index >= 15 is 0 Å². The molecule has 26 heavy (non-hydrogen) atoms. The molecule has 0 spiro atoms. The number of aromatic nitrogens is 2. The summed E-state index contributed by atoms with van der Waals surface area (Å²) in [4.78, 5) is 12.6. The van der Waals surface area contributed by atoms with Crippen molar-refractivity contribution in [3.05, 3.63) is 77.1 Å². The number of rotatable bonds is 6. The summed E-state index contributed by atoms with van der Waals surface area (Å²) >= 11 is 0. The zero-order valence-corrected chi connectivity index (χ0v) is 15.3. The largest absolute Gasteiger partial charge is 0.493 e. The second kappa shape index (κ2) is 7.87. The Balaban J connectivity index is 1.79. The zero-order chi connectivity index (χ0) is 18.5. The Morgan fingerprint density at radius 2 is 1.77 bits per heavy atom. The number of nitrogens with zero attached hydrogens (tertiary/aromatic N) is 2. The molecule has 1 amide bonds. The van der Waals surface area contributed by atoms with Gasteiger partial charge in [0, 0.05) is 17.8 Å². The lowest BCUT2D eigenvalue weighted by Crippen LogP contribution is -2.24. The molecule has 1 heterocycles. The number of benzene rings is 2. The standard InChI is InChI=1S/C21H23N3O2/c1-4-26-20-13-9-8-12-18(20)21(25)22-14-19-15(2)23-24(16(19)3)17-10-6-5-7-11-17/h5-13H,4,14H2,1-3H3,(H,22,25). The van der Waals surface area contributed by atoms with Crippen molar-refractivity contribution in [1.29, 1.82) is 0 Å². The number of ether oxygens (including phenoxy) is 1. The highest BCUT2D eigenvalue weighted by molar-refractivity contribution is 5.96. The van der Waals surface area contributed by atoms with E-state index in [9.17, 15) is 4.79 Å². The molecule has 2 aromatic carbocycles. The Bertz CT molecular complexity index is 901. The van der Waals surface area contributed by atoms with Gasteiger partial charge in [-0.1, -0.05) is 30.3 Å². The molecular formula is C21H23N3O2. The van der Waals surface area contributed by atoms with Crippen LogP contribution >= 0.6 is 0 Å². The molecule has 0 bridgehead atoms. The van der Waals surface area contributed by atoms with Crippen LogP contribution in [0, 0.1) is 13.8 Å². The Kier molecular flexibility index (Phi) is 5.37. The van der Waals surface area contributed by atoms with E-state index in [4.69, 9.17) is 4.74 Å². The third-order valence-electron chi connectivity index (χ3n) is 4.30. The SMILES string of the molecule is CCOc1ccccc1C(=O)NCc1c(C)nn(-c2ccccc2)c1C. The summed E-state index contributed by atoms with van der Waals surface area (Å²) in [5.74, 6) is 0.446. The van der Waals surface area contributed by atoms with Crippen molar-refractivity contribution in [2.45, 2.75) is 27.3 Å². The molecule has 5 nitrogen and oxygen atoms in total. The molecule has 1 aromatic heterocycles. The summed E-state index contributed by atoms with van der Waals surface area (Å²) in [5.41, 5.74) is 4.50. The monoisotopic (exact) mass is 349 g/mol. The lowest BCUT2D eigenvalue weighted by atomic mass is 10.1. The van der Waals surface area contributed by atoms with E-state index in [2.05, 4.69) is 10.4 Å². The Hall–Kier alpha value is -3.08. The van der Waals surface area contributed by atoms with Gasteiger partial charge in [-0.15, -0.1) is 0 Å². The van der Waals surface area contributed by atoms with Gasteiger partial charge in [0.15, 0.2) is 0 Å². The van der Waals surface area contributed by atoms with E-state index in [1.54, 1.807) is 6.07 Å². The Morgan fingerprint density at radius 3 is 2.50 bits per heavy atom. The van der Waals surface area contributed by atoms with E-state index in [0.29, 0.717) is 24.5 Å². The first-order chi connectivity index (χ1) is 12.6.